The highest BCUT2D eigenvalue weighted by Crippen LogP contribution is 2.23. The largest absolute Gasteiger partial charge is 0.310 e. The van der Waals surface area contributed by atoms with Crippen LogP contribution in [0.2, 0.25) is 0 Å². The lowest BCUT2D eigenvalue weighted by Crippen LogP contribution is -2.44. The summed E-state index contributed by atoms with van der Waals surface area (Å²) in [4.78, 5) is 21.0. The molecular formula is C20H26N6O. The lowest BCUT2D eigenvalue weighted by atomic mass is 10.1. The Morgan fingerprint density at radius 2 is 1.96 bits per heavy atom. The first-order valence-electron chi connectivity index (χ1n) is 9.39. The highest BCUT2D eigenvalue weighted by molar-refractivity contribution is 5.95. The van der Waals surface area contributed by atoms with Crippen LogP contribution in [0.5, 0.6) is 0 Å². The van der Waals surface area contributed by atoms with Gasteiger partial charge in [-0.1, -0.05) is 6.07 Å². The minimum atomic E-state index is 0.0504. The van der Waals surface area contributed by atoms with E-state index in [4.69, 9.17) is 5.26 Å². The Bertz CT molecular complexity index is 782. The molecule has 1 aliphatic rings. The second kappa shape index (κ2) is 8.78. The first-order chi connectivity index (χ1) is 13.1. The highest BCUT2D eigenvalue weighted by Gasteiger charge is 2.25. The van der Waals surface area contributed by atoms with Gasteiger partial charge in [0.15, 0.2) is 0 Å². The van der Waals surface area contributed by atoms with Gasteiger partial charge in [0.2, 0.25) is 5.91 Å². The third-order valence-corrected chi connectivity index (χ3v) is 4.99. The Hall–Kier alpha value is -2.72. The number of carbonyl (C=O) groups excluding carboxylic acids is 1. The monoisotopic (exact) mass is 366 g/mol. The Morgan fingerprint density at radius 3 is 2.56 bits per heavy atom. The van der Waals surface area contributed by atoms with Crippen molar-refractivity contribution in [3.63, 3.8) is 0 Å². The number of carbonyl (C=O) groups is 1. The number of piperidine rings is 1. The number of likely N-dealkylation sites (tertiary alicyclic amines) is 1. The van der Waals surface area contributed by atoms with Gasteiger partial charge in [0.05, 0.1) is 25.1 Å². The van der Waals surface area contributed by atoms with Gasteiger partial charge in [-0.25, -0.2) is 9.67 Å². The molecule has 0 bridgehead atoms. The Labute approximate surface area is 160 Å². The first kappa shape index (κ1) is 19.1. The van der Waals surface area contributed by atoms with Gasteiger partial charge in [-0.05, 0) is 49.9 Å². The number of hydrogen-bond donors (Lipinski definition) is 0. The zero-order valence-electron chi connectivity index (χ0n) is 16.0. The normalized spacial score (nSPS) is 15.4. The second-order valence-corrected chi connectivity index (χ2v) is 7.18. The molecule has 1 aromatic carbocycles. The number of aromatic nitrogens is 3. The van der Waals surface area contributed by atoms with Crippen LogP contribution in [-0.4, -0.2) is 51.8 Å². The van der Waals surface area contributed by atoms with Gasteiger partial charge in [0, 0.05) is 25.3 Å². The quantitative estimate of drug-likeness (QED) is 0.785. The van der Waals surface area contributed by atoms with Gasteiger partial charge >= 0.3 is 0 Å². The Kier molecular flexibility index (Phi) is 6.20. The van der Waals surface area contributed by atoms with Gasteiger partial charge in [-0.15, -0.1) is 0 Å². The molecule has 0 radical (unpaired) electrons. The number of anilines is 1. The molecule has 1 amide bonds. The smallest absolute Gasteiger partial charge is 0.241 e. The van der Waals surface area contributed by atoms with Crippen LogP contribution in [0.15, 0.2) is 30.9 Å². The van der Waals surface area contributed by atoms with E-state index in [-0.39, 0.29) is 5.91 Å². The molecule has 3 rings (SSSR count). The minimum absolute atomic E-state index is 0.0504. The van der Waals surface area contributed by atoms with Crippen molar-refractivity contribution in [1.82, 2.24) is 19.7 Å². The molecule has 1 saturated heterocycles. The van der Waals surface area contributed by atoms with E-state index in [0.29, 0.717) is 25.6 Å². The minimum Gasteiger partial charge on any atom is -0.310 e. The van der Waals surface area contributed by atoms with Crippen LogP contribution in [-0.2, 0) is 4.79 Å². The van der Waals surface area contributed by atoms with Crippen LogP contribution < -0.4 is 4.90 Å². The molecule has 0 N–H and O–H groups in total. The second-order valence-electron chi connectivity index (χ2n) is 7.18. The van der Waals surface area contributed by atoms with Crippen molar-refractivity contribution in [3.8, 4) is 6.07 Å². The summed E-state index contributed by atoms with van der Waals surface area (Å²) >= 11 is 0. The molecule has 0 aliphatic carbocycles. The summed E-state index contributed by atoms with van der Waals surface area (Å²) in [6, 6.07) is 8.62. The van der Waals surface area contributed by atoms with Crippen LogP contribution in [0.4, 0.5) is 5.69 Å². The van der Waals surface area contributed by atoms with E-state index in [9.17, 15) is 4.79 Å². The van der Waals surface area contributed by atoms with E-state index in [1.807, 2.05) is 30.7 Å². The van der Waals surface area contributed by atoms with Crippen molar-refractivity contribution in [1.29, 1.82) is 5.26 Å². The lowest BCUT2D eigenvalue weighted by molar-refractivity contribution is -0.120. The summed E-state index contributed by atoms with van der Waals surface area (Å²) in [6.07, 6.45) is 5.56. The number of benzene rings is 1. The van der Waals surface area contributed by atoms with Crippen molar-refractivity contribution in [3.05, 3.63) is 42.0 Å². The van der Waals surface area contributed by atoms with Gasteiger partial charge in [0.1, 0.15) is 12.7 Å². The van der Waals surface area contributed by atoms with Gasteiger partial charge in [0.25, 0.3) is 0 Å². The van der Waals surface area contributed by atoms with E-state index in [1.165, 1.54) is 0 Å². The van der Waals surface area contributed by atoms with Crippen molar-refractivity contribution < 1.29 is 4.79 Å². The zero-order valence-corrected chi connectivity index (χ0v) is 16.0. The third kappa shape index (κ3) is 4.92. The molecule has 27 heavy (non-hydrogen) atoms. The van der Waals surface area contributed by atoms with Crippen molar-refractivity contribution in [2.24, 2.45) is 0 Å². The summed E-state index contributed by atoms with van der Waals surface area (Å²) in [7, 11) is 0. The average molecular weight is 366 g/mol. The van der Waals surface area contributed by atoms with Crippen molar-refractivity contribution in [2.75, 3.05) is 31.1 Å². The maximum atomic E-state index is 13.0. The van der Waals surface area contributed by atoms with Crippen LogP contribution in [0.1, 0.15) is 36.4 Å². The molecule has 7 heteroatoms. The number of amides is 1. The van der Waals surface area contributed by atoms with E-state index >= 15 is 0 Å². The zero-order chi connectivity index (χ0) is 19.2. The van der Waals surface area contributed by atoms with Gasteiger partial charge in [-0.2, -0.15) is 10.4 Å². The third-order valence-electron chi connectivity index (χ3n) is 4.99. The molecule has 1 fully saturated rings. The standard InChI is InChI=1S/C20H26N6O/c1-16-10-17(2)12-19(11-16)25(7-3-6-21)20(27)13-24-8-4-18(5-9-24)26-15-22-14-23-26/h10-12,14-15,18H,3-5,7-9,13H2,1-2H3. The Balaban J connectivity index is 1.63. The molecule has 1 aromatic heterocycles. The predicted octanol–water partition coefficient (Wildman–Crippen LogP) is 2.48. The molecular weight excluding hydrogens is 340 g/mol. The molecule has 142 valence electrons. The fraction of sp³-hybridized carbons (Fsp3) is 0.500. The van der Waals surface area contributed by atoms with E-state index in [2.05, 4.69) is 27.1 Å². The maximum absolute atomic E-state index is 13.0. The van der Waals surface area contributed by atoms with E-state index in [1.54, 1.807) is 17.6 Å². The fourth-order valence-corrected chi connectivity index (χ4v) is 3.69. The molecule has 1 aliphatic heterocycles. The molecule has 2 aromatic rings. The topological polar surface area (TPSA) is 78.0 Å². The number of nitriles is 1. The summed E-state index contributed by atoms with van der Waals surface area (Å²) in [5, 5.41) is 13.2. The van der Waals surface area contributed by atoms with Crippen LogP contribution >= 0.6 is 0 Å². The molecule has 0 atom stereocenters. The number of aryl methyl sites for hydroxylation is 2. The van der Waals surface area contributed by atoms with Crippen molar-refractivity contribution in [2.45, 2.75) is 39.2 Å². The van der Waals surface area contributed by atoms with Gasteiger partial charge < -0.3 is 4.90 Å². The number of hydrogen-bond acceptors (Lipinski definition) is 5. The SMILES string of the molecule is Cc1cc(C)cc(N(CCC#N)C(=O)CN2CCC(n3cncn3)CC2)c1. The summed E-state index contributed by atoms with van der Waals surface area (Å²) in [5.74, 6) is 0.0504. The summed E-state index contributed by atoms with van der Waals surface area (Å²) < 4.78 is 1.91. The predicted molar refractivity (Wildman–Crippen MR) is 103 cm³/mol. The molecule has 0 unspecified atom stereocenters. The molecule has 0 saturated carbocycles. The number of rotatable bonds is 6. The van der Waals surface area contributed by atoms with Gasteiger partial charge in [-0.3, -0.25) is 9.69 Å². The number of nitrogens with zero attached hydrogens (tertiary/aromatic N) is 6. The first-order valence-corrected chi connectivity index (χ1v) is 9.39. The lowest BCUT2D eigenvalue weighted by Gasteiger charge is -2.33. The fourth-order valence-electron chi connectivity index (χ4n) is 3.69. The van der Waals surface area contributed by atoms with Crippen LogP contribution in [0.25, 0.3) is 0 Å². The highest BCUT2D eigenvalue weighted by atomic mass is 16.2. The average Bonchev–Trinajstić information content (AvgIpc) is 3.16. The Morgan fingerprint density at radius 1 is 1.26 bits per heavy atom. The molecule has 2 heterocycles. The molecule has 0 spiro atoms. The summed E-state index contributed by atoms with van der Waals surface area (Å²) in [6.45, 7) is 6.57. The maximum Gasteiger partial charge on any atom is 0.241 e. The molecule has 7 nitrogen and oxygen atoms in total. The van der Waals surface area contributed by atoms with E-state index in [0.717, 1.165) is 42.7 Å². The summed E-state index contributed by atoms with van der Waals surface area (Å²) in [5.41, 5.74) is 3.12. The van der Waals surface area contributed by atoms with E-state index < -0.39 is 0 Å². The van der Waals surface area contributed by atoms with Crippen molar-refractivity contribution >= 4 is 11.6 Å². The van der Waals surface area contributed by atoms with Crippen LogP contribution in [0.3, 0.4) is 0 Å². The van der Waals surface area contributed by atoms with Crippen LogP contribution in [0, 0.1) is 25.2 Å².